The molecule has 76 valence electrons. The summed E-state index contributed by atoms with van der Waals surface area (Å²) >= 11 is 4.70. The van der Waals surface area contributed by atoms with Crippen LogP contribution < -0.4 is 11.1 Å². The van der Waals surface area contributed by atoms with Gasteiger partial charge in [-0.15, -0.1) is 0 Å². The van der Waals surface area contributed by atoms with E-state index in [4.69, 9.17) is 18.0 Å². The monoisotopic (exact) mass is 212 g/mol. The minimum absolute atomic E-state index is 0.0820. The summed E-state index contributed by atoms with van der Waals surface area (Å²) in [5.74, 6) is -0.386. The summed E-state index contributed by atoms with van der Waals surface area (Å²) in [5, 5.41) is 3.09. The molecule has 0 unspecified atom stereocenters. The summed E-state index contributed by atoms with van der Waals surface area (Å²) in [6.07, 6.45) is 0. The molecular formula is C10H13FN2S. The van der Waals surface area contributed by atoms with Crippen molar-refractivity contribution in [3.05, 3.63) is 29.6 Å². The molecule has 1 rings (SSSR count). The van der Waals surface area contributed by atoms with Crippen molar-refractivity contribution in [1.82, 2.24) is 0 Å². The van der Waals surface area contributed by atoms with Crippen LogP contribution in [0.25, 0.3) is 0 Å². The highest BCUT2D eigenvalue weighted by Crippen LogP contribution is 2.15. The van der Waals surface area contributed by atoms with E-state index in [9.17, 15) is 4.39 Å². The van der Waals surface area contributed by atoms with Crippen LogP contribution in [0, 0.1) is 5.82 Å². The van der Waals surface area contributed by atoms with Gasteiger partial charge in [0, 0.05) is 17.3 Å². The van der Waals surface area contributed by atoms with E-state index >= 15 is 0 Å². The van der Waals surface area contributed by atoms with E-state index in [1.54, 1.807) is 12.1 Å². The van der Waals surface area contributed by atoms with Crippen LogP contribution in [0.1, 0.15) is 19.4 Å². The third kappa shape index (κ3) is 2.67. The fourth-order valence-electron chi connectivity index (χ4n) is 1.14. The van der Waals surface area contributed by atoms with Gasteiger partial charge in [-0.25, -0.2) is 4.39 Å². The van der Waals surface area contributed by atoms with Gasteiger partial charge in [0.25, 0.3) is 0 Å². The normalized spacial score (nSPS) is 10.3. The number of nitrogens with two attached hydrogens (primary N) is 1. The SMILES string of the molecule is CC(C)Nc1ccc(C(N)=S)c(F)c1. The summed E-state index contributed by atoms with van der Waals surface area (Å²) in [6, 6.07) is 5.01. The van der Waals surface area contributed by atoms with E-state index in [1.165, 1.54) is 6.07 Å². The Kier molecular flexibility index (Phi) is 3.41. The maximum atomic E-state index is 13.3. The Balaban J connectivity index is 2.94. The molecular weight excluding hydrogens is 199 g/mol. The molecule has 0 aliphatic carbocycles. The zero-order valence-electron chi connectivity index (χ0n) is 8.17. The first-order chi connectivity index (χ1) is 6.50. The van der Waals surface area contributed by atoms with Crippen LogP contribution in [-0.4, -0.2) is 11.0 Å². The molecule has 0 heterocycles. The van der Waals surface area contributed by atoms with Gasteiger partial charge < -0.3 is 11.1 Å². The van der Waals surface area contributed by atoms with Crippen LogP contribution in [-0.2, 0) is 0 Å². The van der Waals surface area contributed by atoms with Gasteiger partial charge in [0.15, 0.2) is 0 Å². The van der Waals surface area contributed by atoms with Gasteiger partial charge in [0.2, 0.25) is 0 Å². The Bertz CT molecular complexity index is 350. The first-order valence-electron chi connectivity index (χ1n) is 4.36. The third-order valence-electron chi connectivity index (χ3n) is 1.69. The Morgan fingerprint density at radius 2 is 2.14 bits per heavy atom. The third-order valence-corrected chi connectivity index (χ3v) is 1.91. The maximum absolute atomic E-state index is 13.3. The van der Waals surface area contributed by atoms with Crippen LogP contribution in [0.15, 0.2) is 18.2 Å². The number of anilines is 1. The zero-order valence-corrected chi connectivity index (χ0v) is 8.99. The lowest BCUT2D eigenvalue weighted by Gasteiger charge is -2.10. The number of thiocarbonyl (C=S) groups is 1. The summed E-state index contributed by atoms with van der Waals surface area (Å²) < 4.78 is 13.3. The maximum Gasteiger partial charge on any atom is 0.135 e. The lowest BCUT2D eigenvalue weighted by molar-refractivity contribution is 0.625. The molecule has 0 aromatic heterocycles. The van der Waals surface area contributed by atoms with Gasteiger partial charge in [0.05, 0.1) is 0 Å². The molecule has 0 aliphatic heterocycles. The lowest BCUT2D eigenvalue weighted by Crippen LogP contribution is -2.13. The molecule has 2 nitrogen and oxygen atoms in total. The molecule has 0 atom stereocenters. The Labute approximate surface area is 88.3 Å². The average molecular weight is 212 g/mol. The first-order valence-corrected chi connectivity index (χ1v) is 4.77. The van der Waals surface area contributed by atoms with Crippen molar-refractivity contribution in [2.24, 2.45) is 5.73 Å². The average Bonchev–Trinajstić information content (AvgIpc) is 2.01. The van der Waals surface area contributed by atoms with E-state index in [2.05, 4.69) is 5.32 Å². The summed E-state index contributed by atoms with van der Waals surface area (Å²) in [5.41, 5.74) is 6.36. The number of benzene rings is 1. The first kappa shape index (κ1) is 10.9. The quantitative estimate of drug-likeness (QED) is 0.755. The molecule has 1 aromatic carbocycles. The van der Waals surface area contributed by atoms with Crippen molar-refractivity contribution in [3.63, 3.8) is 0 Å². The Morgan fingerprint density at radius 1 is 1.50 bits per heavy atom. The fraction of sp³-hybridized carbons (Fsp3) is 0.300. The lowest BCUT2D eigenvalue weighted by atomic mass is 10.2. The van der Waals surface area contributed by atoms with Crippen molar-refractivity contribution in [2.75, 3.05) is 5.32 Å². The van der Waals surface area contributed by atoms with Crippen LogP contribution in [0.5, 0.6) is 0 Å². The van der Waals surface area contributed by atoms with E-state index in [0.29, 0.717) is 0 Å². The molecule has 0 bridgehead atoms. The van der Waals surface area contributed by atoms with Crippen molar-refractivity contribution >= 4 is 22.9 Å². The smallest absolute Gasteiger partial charge is 0.135 e. The summed E-state index contributed by atoms with van der Waals surface area (Å²) in [7, 11) is 0. The fourth-order valence-corrected chi connectivity index (χ4v) is 1.30. The van der Waals surface area contributed by atoms with Crippen molar-refractivity contribution in [2.45, 2.75) is 19.9 Å². The molecule has 0 amide bonds. The molecule has 14 heavy (non-hydrogen) atoms. The largest absolute Gasteiger partial charge is 0.389 e. The minimum atomic E-state index is -0.386. The number of rotatable bonds is 3. The highest BCUT2D eigenvalue weighted by molar-refractivity contribution is 7.80. The highest BCUT2D eigenvalue weighted by atomic mass is 32.1. The molecule has 0 saturated carbocycles. The predicted octanol–water partition coefficient (Wildman–Crippen LogP) is 2.28. The molecule has 0 saturated heterocycles. The second kappa shape index (κ2) is 4.37. The molecule has 0 spiro atoms. The molecule has 0 aliphatic rings. The highest BCUT2D eigenvalue weighted by Gasteiger charge is 2.05. The zero-order chi connectivity index (χ0) is 10.7. The molecule has 0 fully saturated rings. The van der Waals surface area contributed by atoms with E-state index in [-0.39, 0.29) is 22.4 Å². The van der Waals surface area contributed by atoms with Crippen molar-refractivity contribution in [1.29, 1.82) is 0 Å². The predicted molar refractivity (Wildman–Crippen MR) is 61.0 cm³/mol. The van der Waals surface area contributed by atoms with E-state index in [0.717, 1.165) is 5.69 Å². The van der Waals surface area contributed by atoms with Gasteiger partial charge in [-0.3, -0.25) is 0 Å². The standard InChI is InChI=1S/C10H13FN2S/c1-6(2)13-7-3-4-8(10(12)14)9(11)5-7/h3-6,13H,1-2H3,(H2,12,14). The number of nitrogens with one attached hydrogen (secondary N) is 1. The van der Waals surface area contributed by atoms with Crippen LogP contribution in [0.2, 0.25) is 0 Å². The molecule has 0 radical (unpaired) electrons. The van der Waals surface area contributed by atoms with Gasteiger partial charge in [-0.2, -0.15) is 0 Å². The number of hydrogen-bond donors (Lipinski definition) is 2. The van der Waals surface area contributed by atoms with Crippen LogP contribution in [0.4, 0.5) is 10.1 Å². The van der Waals surface area contributed by atoms with Crippen LogP contribution in [0.3, 0.4) is 0 Å². The van der Waals surface area contributed by atoms with E-state index < -0.39 is 0 Å². The van der Waals surface area contributed by atoms with E-state index in [1.807, 2.05) is 13.8 Å². The van der Waals surface area contributed by atoms with Gasteiger partial charge in [-0.05, 0) is 32.0 Å². The van der Waals surface area contributed by atoms with Crippen molar-refractivity contribution in [3.8, 4) is 0 Å². The number of hydrogen-bond acceptors (Lipinski definition) is 2. The van der Waals surface area contributed by atoms with Crippen LogP contribution >= 0.6 is 12.2 Å². The van der Waals surface area contributed by atoms with Gasteiger partial charge >= 0.3 is 0 Å². The van der Waals surface area contributed by atoms with Gasteiger partial charge in [0.1, 0.15) is 10.8 Å². The summed E-state index contributed by atoms with van der Waals surface area (Å²) in [4.78, 5) is 0.0820. The minimum Gasteiger partial charge on any atom is -0.389 e. The summed E-state index contributed by atoms with van der Waals surface area (Å²) in [6.45, 7) is 3.97. The Hall–Kier alpha value is -1.16. The Morgan fingerprint density at radius 3 is 2.57 bits per heavy atom. The second-order valence-electron chi connectivity index (χ2n) is 3.36. The van der Waals surface area contributed by atoms with Crippen molar-refractivity contribution < 1.29 is 4.39 Å². The molecule has 3 N–H and O–H groups in total. The van der Waals surface area contributed by atoms with Gasteiger partial charge in [-0.1, -0.05) is 12.2 Å². The topological polar surface area (TPSA) is 38.0 Å². The second-order valence-corrected chi connectivity index (χ2v) is 3.80. The molecule has 4 heteroatoms. The number of halogens is 1. The molecule has 1 aromatic rings.